The Labute approximate surface area is 202 Å². The number of rotatable bonds is 8. The molecule has 5 rings (SSSR count). The summed E-state index contributed by atoms with van der Waals surface area (Å²) in [5.74, 6) is 1.77. The highest BCUT2D eigenvalue weighted by Gasteiger charge is 2.29. The van der Waals surface area contributed by atoms with Crippen molar-refractivity contribution >= 4 is 17.4 Å². The van der Waals surface area contributed by atoms with Gasteiger partial charge in [0, 0.05) is 31.5 Å². The molecule has 3 aromatic rings. The zero-order chi connectivity index (χ0) is 24.5. The van der Waals surface area contributed by atoms with Gasteiger partial charge in [-0.05, 0) is 62.5 Å². The minimum Gasteiger partial charge on any atom is -0.444 e. The minimum atomic E-state index is -2.80. The first-order valence-corrected chi connectivity index (χ1v) is 12.2. The first-order chi connectivity index (χ1) is 16.9. The van der Waals surface area contributed by atoms with Gasteiger partial charge in [-0.25, -0.2) is 18.7 Å². The highest BCUT2D eigenvalue weighted by atomic mass is 19.3. The maximum absolute atomic E-state index is 13.8. The van der Waals surface area contributed by atoms with Crippen molar-refractivity contribution in [3.8, 4) is 11.5 Å². The van der Waals surface area contributed by atoms with E-state index in [1.807, 2.05) is 6.07 Å². The molecule has 0 unspecified atom stereocenters. The van der Waals surface area contributed by atoms with Crippen molar-refractivity contribution in [2.75, 3.05) is 23.8 Å². The third-order valence-electron chi connectivity index (χ3n) is 6.97. The van der Waals surface area contributed by atoms with Crippen LogP contribution in [-0.2, 0) is 0 Å². The van der Waals surface area contributed by atoms with Gasteiger partial charge in [0.1, 0.15) is 12.1 Å². The standard InChI is InChI=1S/C25H30F2N6O2/c1-15-3-7-18(8-4-15)33-13-20(22(31-33)23(26)27)32(2)25(34)19-14-35-24(30-19)17-9-10-28-21(11-17)29-12-16-5-6-16/h9-11,13-16,18,23H,3-8,12H2,1-2H3,(H,28,29)/t15-,18-. The summed E-state index contributed by atoms with van der Waals surface area (Å²) in [7, 11) is 1.46. The average Bonchev–Trinajstić information content (AvgIpc) is 3.37. The van der Waals surface area contributed by atoms with Crippen molar-refractivity contribution in [2.24, 2.45) is 11.8 Å². The maximum atomic E-state index is 13.8. The number of pyridine rings is 1. The van der Waals surface area contributed by atoms with Crippen LogP contribution in [0.5, 0.6) is 0 Å². The summed E-state index contributed by atoms with van der Waals surface area (Å²) < 4.78 is 34.8. The molecule has 35 heavy (non-hydrogen) atoms. The molecular formula is C25H30F2N6O2. The average molecular weight is 485 g/mol. The van der Waals surface area contributed by atoms with E-state index < -0.39 is 18.0 Å². The number of alkyl halides is 2. The Bertz CT molecular complexity index is 1180. The van der Waals surface area contributed by atoms with Gasteiger partial charge in [-0.15, -0.1) is 0 Å². The smallest absolute Gasteiger partial charge is 0.284 e. The molecule has 3 heterocycles. The van der Waals surface area contributed by atoms with Crippen LogP contribution in [0, 0.1) is 11.8 Å². The van der Waals surface area contributed by atoms with Crippen molar-refractivity contribution in [3.05, 3.63) is 42.2 Å². The molecule has 0 bridgehead atoms. The van der Waals surface area contributed by atoms with Crippen LogP contribution >= 0.6 is 0 Å². The third-order valence-corrected chi connectivity index (χ3v) is 6.97. The second-order valence-corrected chi connectivity index (χ2v) is 9.75. The molecule has 3 aromatic heterocycles. The van der Waals surface area contributed by atoms with Crippen LogP contribution in [0.1, 0.15) is 74.1 Å². The van der Waals surface area contributed by atoms with Crippen LogP contribution < -0.4 is 10.2 Å². The topological polar surface area (TPSA) is 89.1 Å². The lowest BCUT2D eigenvalue weighted by Crippen LogP contribution is -2.27. The van der Waals surface area contributed by atoms with Gasteiger partial charge in [0.25, 0.3) is 12.3 Å². The third kappa shape index (κ3) is 5.21. The summed E-state index contributed by atoms with van der Waals surface area (Å²) in [5, 5.41) is 7.47. The Morgan fingerprint density at radius 1 is 1.26 bits per heavy atom. The van der Waals surface area contributed by atoms with Crippen molar-refractivity contribution in [1.82, 2.24) is 19.7 Å². The summed E-state index contributed by atoms with van der Waals surface area (Å²) in [6.07, 6.45) is 7.97. The summed E-state index contributed by atoms with van der Waals surface area (Å²) >= 11 is 0. The van der Waals surface area contributed by atoms with Crippen LogP contribution in [0.3, 0.4) is 0 Å². The Morgan fingerprint density at radius 3 is 2.74 bits per heavy atom. The SMILES string of the molecule is CN(C(=O)c1coc(-c2ccnc(NCC3CC3)c2)n1)c1cn([C@H]2CC[C@H](C)CC2)nc1C(F)F. The fourth-order valence-corrected chi connectivity index (χ4v) is 4.52. The molecular weight excluding hydrogens is 454 g/mol. The zero-order valence-electron chi connectivity index (χ0n) is 20.0. The van der Waals surface area contributed by atoms with Crippen LogP contribution in [-0.4, -0.2) is 39.2 Å². The number of carbonyl (C=O) groups is 1. The molecule has 0 aliphatic heterocycles. The summed E-state index contributed by atoms with van der Waals surface area (Å²) in [4.78, 5) is 23.0. The number of nitrogens with zero attached hydrogens (tertiary/aromatic N) is 5. The Balaban J connectivity index is 1.33. The fraction of sp³-hybridized carbons (Fsp3) is 0.520. The van der Waals surface area contributed by atoms with E-state index in [1.54, 1.807) is 23.1 Å². The molecule has 10 heteroatoms. The monoisotopic (exact) mass is 484 g/mol. The van der Waals surface area contributed by atoms with Crippen molar-refractivity contribution in [3.63, 3.8) is 0 Å². The Morgan fingerprint density at radius 2 is 2.03 bits per heavy atom. The largest absolute Gasteiger partial charge is 0.444 e. The van der Waals surface area contributed by atoms with Gasteiger partial charge >= 0.3 is 0 Å². The maximum Gasteiger partial charge on any atom is 0.284 e. The van der Waals surface area contributed by atoms with Gasteiger partial charge in [0.05, 0.1) is 11.7 Å². The molecule has 1 N–H and O–H groups in total. The van der Waals surface area contributed by atoms with E-state index in [0.29, 0.717) is 23.2 Å². The van der Waals surface area contributed by atoms with E-state index in [2.05, 4.69) is 27.3 Å². The number of hydrogen-bond acceptors (Lipinski definition) is 6. The highest BCUT2D eigenvalue weighted by molar-refractivity contribution is 6.04. The number of hydrogen-bond donors (Lipinski definition) is 1. The molecule has 1 amide bonds. The van der Waals surface area contributed by atoms with E-state index in [0.717, 1.165) is 32.2 Å². The second kappa shape index (κ2) is 9.75. The molecule has 0 atom stereocenters. The lowest BCUT2D eigenvalue weighted by molar-refractivity contribution is 0.0986. The lowest BCUT2D eigenvalue weighted by Gasteiger charge is -2.26. The summed E-state index contributed by atoms with van der Waals surface area (Å²) in [6.45, 7) is 3.07. The van der Waals surface area contributed by atoms with E-state index >= 15 is 0 Å². The predicted octanol–water partition coefficient (Wildman–Crippen LogP) is 5.72. The number of halogens is 2. The number of oxazole rings is 1. The van der Waals surface area contributed by atoms with Gasteiger partial charge in [-0.1, -0.05) is 6.92 Å². The summed E-state index contributed by atoms with van der Waals surface area (Å²) in [6, 6.07) is 3.63. The number of carbonyl (C=O) groups excluding carboxylic acids is 1. The van der Waals surface area contributed by atoms with E-state index in [-0.39, 0.29) is 23.3 Å². The molecule has 0 spiro atoms. The highest BCUT2D eigenvalue weighted by Crippen LogP contribution is 2.36. The molecule has 2 aliphatic carbocycles. The van der Waals surface area contributed by atoms with Crippen molar-refractivity contribution in [2.45, 2.75) is 57.9 Å². The van der Waals surface area contributed by atoms with Crippen LogP contribution in [0.15, 0.2) is 35.2 Å². The van der Waals surface area contributed by atoms with Gasteiger partial charge in [-0.2, -0.15) is 5.10 Å². The molecule has 2 fully saturated rings. The quantitative estimate of drug-likeness (QED) is 0.440. The first-order valence-electron chi connectivity index (χ1n) is 12.2. The van der Waals surface area contributed by atoms with E-state index in [4.69, 9.17) is 4.42 Å². The first kappa shape index (κ1) is 23.4. The number of nitrogens with one attached hydrogen (secondary N) is 1. The van der Waals surface area contributed by atoms with Crippen LogP contribution in [0.4, 0.5) is 20.3 Å². The molecule has 0 saturated heterocycles. The second-order valence-electron chi connectivity index (χ2n) is 9.75. The number of amides is 1. The number of aromatic nitrogens is 4. The van der Waals surface area contributed by atoms with Crippen molar-refractivity contribution < 1.29 is 18.0 Å². The van der Waals surface area contributed by atoms with Gasteiger partial charge in [0.2, 0.25) is 5.89 Å². The molecule has 0 aromatic carbocycles. The molecule has 0 radical (unpaired) electrons. The Hall–Kier alpha value is -3.30. The van der Waals surface area contributed by atoms with Crippen molar-refractivity contribution in [1.29, 1.82) is 0 Å². The van der Waals surface area contributed by atoms with Crippen LogP contribution in [0.25, 0.3) is 11.5 Å². The van der Waals surface area contributed by atoms with Crippen LogP contribution in [0.2, 0.25) is 0 Å². The summed E-state index contributed by atoms with van der Waals surface area (Å²) in [5.41, 5.74) is 0.395. The molecule has 2 aliphatic rings. The van der Waals surface area contributed by atoms with Gasteiger partial charge < -0.3 is 14.6 Å². The number of anilines is 2. The fourth-order valence-electron chi connectivity index (χ4n) is 4.52. The van der Waals surface area contributed by atoms with Gasteiger partial charge in [0.15, 0.2) is 11.4 Å². The zero-order valence-corrected chi connectivity index (χ0v) is 20.0. The van der Waals surface area contributed by atoms with E-state index in [9.17, 15) is 13.6 Å². The molecule has 186 valence electrons. The van der Waals surface area contributed by atoms with Gasteiger partial charge in [-0.3, -0.25) is 9.48 Å². The minimum absolute atomic E-state index is 0.0336. The molecule has 2 saturated carbocycles. The Kier molecular flexibility index (Phi) is 6.53. The lowest BCUT2D eigenvalue weighted by atomic mass is 9.87. The molecule has 8 nitrogen and oxygen atoms in total. The predicted molar refractivity (Wildman–Crippen MR) is 128 cm³/mol. The van der Waals surface area contributed by atoms with E-state index in [1.165, 1.54) is 31.1 Å². The normalized spacial score (nSPS) is 20.3.